The first-order valence-electron chi connectivity index (χ1n) is 9.61. The molecule has 0 saturated carbocycles. The topological polar surface area (TPSA) is 123 Å². The Kier molecular flexibility index (Phi) is 5.05. The van der Waals surface area contributed by atoms with E-state index in [1.807, 2.05) is 6.07 Å². The number of alkyl halides is 1. The first-order valence-corrected chi connectivity index (χ1v) is 9.61. The van der Waals surface area contributed by atoms with E-state index in [9.17, 15) is 14.3 Å². The fourth-order valence-corrected chi connectivity index (χ4v) is 3.27. The van der Waals surface area contributed by atoms with Gasteiger partial charge < -0.3 is 25.5 Å². The SMILES string of the molecule is CC(C)(O)[C@H](F)CNC(=O)c1cnc2c([nH]c3cc(C#N)ccc32)c1NC1COC1. The van der Waals surface area contributed by atoms with Gasteiger partial charge in [-0.15, -0.1) is 0 Å². The van der Waals surface area contributed by atoms with Gasteiger partial charge in [-0.25, -0.2) is 4.39 Å². The molecule has 3 aromatic rings. The average Bonchev–Trinajstić information content (AvgIpc) is 3.05. The number of amides is 1. The number of pyridine rings is 1. The number of aromatic nitrogens is 2. The number of carbonyl (C=O) groups excluding carboxylic acids is 1. The number of halogens is 1. The van der Waals surface area contributed by atoms with Crippen molar-refractivity contribution in [3.05, 3.63) is 35.5 Å². The van der Waals surface area contributed by atoms with E-state index in [0.29, 0.717) is 35.5 Å². The molecule has 1 fully saturated rings. The van der Waals surface area contributed by atoms with Crippen LogP contribution in [0.25, 0.3) is 21.9 Å². The van der Waals surface area contributed by atoms with Crippen molar-refractivity contribution in [1.82, 2.24) is 15.3 Å². The van der Waals surface area contributed by atoms with Gasteiger partial charge in [0.25, 0.3) is 5.91 Å². The molecule has 1 aliphatic heterocycles. The summed E-state index contributed by atoms with van der Waals surface area (Å²) in [6.07, 6.45) is -0.172. The average molecular weight is 411 g/mol. The number of nitrogens with zero attached hydrogens (tertiary/aromatic N) is 2. The number of hydrogen-bond donors (Lipinski definition) is 4. The van der Waals surface area contributed by atoms with Crippen LogP contribution in [0.15, 0.2) is 24.4 Å². The molecule has 30 heavy (non-hydrogen) atoms. The number of benzene rings is 1. The first kappa shape index (κ1) is 20.1. The van der Waals surface area contributed by atoms with Gasteiger partial charge in [-0.1, -0.05) is 0 Å². The van der Waals surface area contributed by atoms with Crippen LogP contribution in [0, 0.1) is 11.3 Å². The summed E-state index contributed by atoms with van der Waals surface area (Å²) in [5, 5.41) is 25.6. The summed E-state index contributed by atoms with van der Waals surface area (Å²) < 4.78 is 19.3. The van der Waals surface area contributed by atoms with E-state index in [0.717, 1.165) is 10.9 Å². The molecule has 4 N–H and O–H groups in total. The van der Waals surface area contributed by atoms with Gasteiger partial charge in [-0.3, -0.25) is 9.78 Å². The minimum absolute atomic E-state index is 0.0357. The normalized spacial score (nSPS) is 15.6. The number of carbonyl (C=O) groups is 1. The molecule has 0 radical (unpaired) electrons. The number of anilines is 1. The quantitative estimate of drug-likeness (QED) is 0.493. The third kappa shape index (κ3) is 3.67. The third-order valence-corrected chi connectivity index (χ3v) is 5.18. The van der Waals surface area contributed by atoms with Crippen LogP contribution in [0.4, 0.5) is 10.1 Å². The fourth-order valence-electron chi connectivity index (χ4n) is 3.27. The maximum atomic E-state index is 14.1. The van der Waals surface area contributed by atoms with E-state index < -0.39 is 17.7 Å². The molecule has 0 spiro atoms. The Labute approximate surface area is 172 Å². The Morgan fingerprint density at radius 2 is 2.27 bits per heavy atom. The van der Waals surface area contributed by atoms with Crippen molar-refractivity contribution in [3.63, 3.8) is 0 Å². The lowest BCUT2D eigenvalue weighted by Crippen LogP contribution is -2.43. The molecule has 156 valence electrons. The summed E-state index contributed by atoms with van der Waals surface area (Å²) in [5.41, 5.74) is 1.76. The smallest absolute Gasteiger partial charge is 0.255 e. The van der Waals surface area contributed by atoms with Crippen molar-refractivity contribution < 1.29 is 19.0 Å². The summed E-state index contributed by atoms with van der Waals surface area (Å²) >= 11 is 0. The number of nitriles is 1. The van der Waals surface area contributed by atoms with Gasteiger partial charge in [0, 0.05) is 17.1 Å². The predicted molar refractivity (Wildman–Crippen MR) is 110 cm³/mol. The van der Waals surface area contributed by atoms with Crippen LogP contribution in [0.5, 0.6) is 0 Å². The number of ether oxygens (including phenoxy) is 1. The lowest BCUT2D eigenvalue weighted by atomic mass is 10.0. The van der Waals surface area contributed by atoms with Crippen LogP contribution in [-0.4, -0.2) is 58.6 Å². The van der Waals surface area contributed by atoms with Crippen LogP contribution < -0.4 is 10.6 Å². The Morgan fingerprint density at radius 1 is 1.50 bits per heavy atom. The standard InChI is InChI=1S/C21H22FN5O3/c1-21(2,29)16(22)8-25-20(28)14-7-24-17-13-4-3-11(6-23)5-15(13)27-19(17)18(14)26-12-9-30-10-12/h3-5,7,12,16,27,29H,8-10H2,1-2H3,(H,24,26)(H,25,28)/t16-/m1/s1. The van der Waals surface area contributed by atoms with Gasteiger partial charge in [-0.2, -0.15) is 5.26 Å². The van der Waals surface area contributed by atoms with Crippen LogP contribution in [0.3, 0.4) is 0 Å². The fraction of sp³-hybridized carbons (Fsp3) is 0.381. The van der Waals surface area contributed by atoms with E-state index in [-0.39, 0.29) is 18.2 Å². The molecule has 1 atom stereocenters. The number of aliphatic hydroxyl groups is 1. The van der Waals surface area contributed by atoms with Crippen molar-refractivity contribution >= 4 is 33.5 Å². The van der Waals surface area contributed by atoms with E-state index in [1.165, 1.54) is 20.0 Å². The molecule has 3 heterocycles. The van der Waals surface area contributed by atoms with Gasteiger partial charge >= 0.3 is 0 Å². The minimum atomic E-state index is -1.62. The monoisotopic (exact) mass is 411 g/mol. The molecule has 1 aliphatic rings. The van der Waals surface area contributed by atoms with Gasteiger partial charge in [0.2, 0.25) is 0 Å². The molecule has 1 aromatic carbocycles. The molecule has 9 heteroatoms. The highest BCUT2D eigenvalue weighted by atomic mass is 19.1. The molecule has 0 bridgehead atoms. The second kappa shape index (κ2) is 7.55. The van der Waals surface area contributed by atoms with Crippen molar-refractivity contribution in [2.75, 3.05) is 25.1 Å². The number of fused-ring (bicyclic) bond motifs is 3. The zero-order chi connectivity index (χ0) is 21.5. The van der Waals surface area contributed by atoms with Crippen molar-refractivity contribution in [1.29, 1.82) is 5.26 Å². The number of H-pyrrole nitrogens is 1. The molecule has 4 rings (SSSR count). The van der Waals surface area contributed by atoms with Gasteiger partial charge in [-0.05, 0) is 32.0 Å². The highest BCUT2D eigenvalue weighted by Crippen LogP contribution is 2.32. The number of aromatic amines is 1. The lowest BCUT2D eigenvalue weighted by molar-refractivity contribution is -0.00178. The zero-order valence-corrected chi connectivity index (χ0v) is 16.6. The van der Waals surface area contributed by atoms with Crippen molar-refractivity contribution in [2.45, 2.75) is 31.7 Å². The van der Waals surface area contributed by atoms with Crippen LogP contribution in [-0.2, 0) is 4.74 Å². The van der Waals surface area contributed by atoms with Crippen molar-refractivity contribution in [3.8, 4) is 6.07 Å². The lowest BCUT2D eigenvalue weighted by Gasteiger charge is -2.29. The van der Waals surface area contributed by atoms with E-state index in [2.05, 4.69) is 26.7 Å². The second-order valence-electron chi connectivity index (χ2n) is 7.98. The Bertz CT molecular complexity index is 1160. The largest absolute Gasteiger partial charge is 0.387 e. The molecule has 0 aliphatic carbocycles. The number of nitrogens with one attached hydrogen (secondary N) is 3. The zero-order valence-electron chi connectivity index (χ0n) is 16.6. The van der Waals surface area contributed by atoms with E-state index >= 15 is 0 Å². The van der Waals surface area contributed by atoms with Crippen LogP contribution in [0.2, 0.25) is 0 Å². The maximum Gasteiger partial charge on any atom is 0.255 e. The summed E-state index contributed by atoms with van der Waals surface area (Å²) in [4.78, 5) is 20.5. The maximum absolute atomic E-state index is 14.1. The van der Waals surface area contributed by atoms with Gasteiger partial charge in [0.05, 0.1) is 65.3 Å². The predicted octanol–water partition coefficient (Wildman–Crippen LogP) is 2.24. The Balaban J connectivity index is 1.74. The molecular weight excluding hydrogens is 389 g/mol. The molecule has 0 unspecified atom stereocenters. The van der Waals surface area contributed by atoms with Gasteiger partial charge in [0.15, 0.2) is 0 Å². The van der Waals surface area contributed by atoms with Crippen LogP contribution in [0.1, 0.15) is 29.8 Å². The molecular formula is C21H22FN5O3. The van der Waals surface area contributed by atoms with E-state index in [4.69, 9.17) is 10.00 Å². The molecule has 1 saturated heterocycles. The summed E-state index contributed by atoms with van der Waals surface area (Å²) in [5.74, 6) is -0.504. The minimum Gasteiger partial charge on any atom is -0.387 e. The molecule has 2 aromatic heterocycles. The third-order valence-electron chi connectivity index (χ3n) is 5.18. The number of rotatable bonds is 6. The highest BCUT2D eigenvalue weighted by molar-refractivity contribution is 6.14. The van der Waals surface area contributed by atoms with Crippen LogP contribution >= 0.6 is 0 Å². The molecule has 1 amide bonds. The van der Waals surface area contributed by atoms with E-state index in [1.54, 1.807) is 12.1 Å². The summed E-state index contributed by atoms with van der Waals surface area (Å²) in [7, 11) is 0. The summed E-state index contributed by atoms with van der Waals surface area (Å²) in [6, 6.07) is 7.39. The number of hydrogen-bond acceptors (Lipinski definition) is 6. The van der Waals surface area contributed by atoms with Crippen molar-refractivity contribution in [2.24, 2.45) is 0 Å². The Hall–Kier alpha value is -3.22. The Morgan fingerprint density at radius 3 is 2.90 bits per heavy atom. The van der Waals surface area contributed by atoms with Gasteiger partial charge in [0.1, 0.15) is 6.17 Å². The summed E-state index contributed by atoms with van der Waals surface area (Å²) in [6.45, 7) is 3.39. The first-order chi connectivity index (χ1) is 14.3. The molecule has 8 nitrogen and oxygen atoms in total. The second-order valence-corrected chi connectivity index (χ2v) is 7.98. The highest BCUT2D eigenvalue weighted by Gasteiger charge is 2.28.